The molecule has 442 valence electrons. The van der Waals surface area contributed by atoms with E-state index in [-0.39, 0.29) is 21.7 Å². The van der Waals surface area contributed by atoms with Crippen molar-refractivity contribution in [2.24, 2.45) is 0 Å². The average Bonchev–Trinajstić information content (AvgIpc) is 2.89. The van der Waals surface area contributed by atoms with Gasteiger partial charge in [-0.15, -0.1) is 0 Å². The Kier molecular flexibility index (Phi) is 16.3. The number of unbranched alkanes of at least 4 members (excludes halogenated alkanes) is 12. The van der Waals surface area contributed by atoms with Crippen LogP contribution in [0, 0.1) is 0 Å². The van der Waals surface area contributed by atoms with E-state index in [1.807, 2.05) is 0 Å². The fourth-order valence-corrected chi connectivity index (χ4v) is 19.1. The Labute approximate surface area is 519 Å². The fraction of sp³-hybridized carbons (Fsp3) is 0.442. The Morgan fingerprint density at radius 1 is 0.233 bits per heavy atom. The molecule has 6 aliphatic rings. The van der Waals surface area contributed by atoms with Crippen LogP contribution < -0.4 is 0 Å². The first-order chi connectivity index (χ1) is 42.4. The first kappa shape index (κ1) is 57.5. The van der Waals surface area contributed by atoms with E-state index >= 15 is 0 Å². The number of hydrogen-bond donors (Lipinski definition) is 0. The molecule has 14 rings (SSSR count). The van der Waals surface area contributed by atoms with E-state index < -0.39 is 0 Å². The molecular formula is C86H98. The number of rotatable bonds is 23. The summed E-state index contributed by atoms with van der Waals surface area (Å²) in [5.41, 5.74) is 33.3. The van der Waals surface area contributed by atoms with Crippen LogP contribution in [0.5, 0.6) is 0 Å². The Bertz CT molecular complexity index is 3480. The van der Waals surface area contributed by atoms with Crippen LogP contribution in [0.15, 0.2) is 158 Å². The Morgan fingerprint density at radius 2 is 0.477 bits per heavy atom. The molecule has 0 heterocycles. The fourth-order valence-electron chi connectivity index (χ4n) is 19.1. The molecule has 0 heteroatoms. The third-order valence-electron chi connectivity index (χ3n) is 23.5. The Hall–Kier alpha value is -6.24. The van der Waals surface area contributed by atoms with E-state index in [1.54, 1.807) is 44.5 Å². The van der Waals surface area contributed by atoms with Gasteiger partial charge in [0.1, 0.15) is 0 Å². The second-order valence-corrected chi connectivity index (χ2v) is 28.3. The van der Waals surface area contributed by atoms with Crippen molar-refractivity contribution in [2.75, 3.05) is 0 Å². The summed E-state index contributed by atoms with van der Waals surface area (Å²) in [7, 11) is 0. The lowest BCUT2D eigenvalue weighted by molar-refractivity contribution is 0.352. The van der Waals surface area contributed by atoms with Crippen molar-refractivity contribution in [1.82, 2.24) is 0 Å². The second kappa shape index (κ2) is 24.4. The third kappa shape index (κ3) is 9.66. The summed E-state index contributed by atoms with van der Waals surface area (Å²) in [6.07, 6.45) is 38.8. The van der Waals surface area contributed by atoms with Gasteiger partial charge in [-0.25, -0.2) is 0 Å². The quantitative estimate of drug-likeness (QED) is 0.0560. The SMILES string of the molecule is CCCCCCC1(CCCCCC)c2ccccc2-c2ccc(-c3ccc4c(c3)C3(CCCCC3)c3cc(-c5ccc6c(c5)C5(CCCCC5)c5cc(-c7ccc8c(c7)C(CCCCCC)(CCCCCC)c7ccccc7-8)ccc5-6)ccc3-4)cc21. The van der Waals surface area contributed by atoms with Crippen molar-refractivity contribution >= 4 is 0 Å². The summed E-state index contributed by atoms with van der Waals surface area (Å²) in [4.78, 5) is 0. The molecule has 86 heavy (non-hydrogen) atoms. The van der Waals surface area contributed by atoms with Crippen LogP contribution in [-0.4, -0.2) is 0 Å². The van der Waals surface area contributed by atoms with E-state index in [4.69, 9.17) is 0 Å². The molecule has 0 aliphatic heterocycles. The maximum Gasteiger partial charge on any atom is 0.0215 e. The summed E-state index contributed by atoms with van der Waals surface area (Å²) in [5.74, 6) is 0. The smallest absolute Gasteiger partial charge is 0.0215 e. The van der Waals surface area contributed by atoms with E-state index in [2.05, 4.69) is 185 Å². The van der Waals surface area contributed by atoms with Gasteiger partial charge in [0, 0.05) is 21.7 Å². The topological polar surface area (TPSA) is 0 Å². The largest absolute Gasteiger partial charge is 0.0654 e. The van der Waals surface area contributed by atoms with Crippen LogP contribution in [0.25, 0.3) is 77.9 Å². The van der Waals surface area contributed by atoms with Gasteiger partial charge in [-0.05, 0) is 210 Å². The molecule has 2 spiro atoms. The molecule has 0 atom stereocenters. The summed E-state index contributed by atoms with van der Waals surface area (Å²) in [6, 6.07) is 65.2. The van der Waals surface area contributed by atoms with Gasteiger partial charge < -0.3 is 0 Å². The van der Waals surface area contributed by atoms with Gasteiger partial charge >= 0.3 is 0 Å². The summed E-state index contributed by atoms with van der Waals surface area (Å²) in [6.45, 7) is 9.41. The summed E-state index contributed by atoms with van der Waals surface area (Å²) < 4.78 is 0. The molecule has 0 amide bonds. The zero-order valence-corrected chi connectivity index (χ0v) is 53.2. The second-order valence-electron chi connectivity index (χ2n) is 28.3. The van der Waals surface area contributed by atoms with Gasteiger partial charge in [-0.1, -0.05) is 290 Å². The lowest BCUT2D eigenvalue weighted by Crippen LogP contribution is -2.28. The molecule has 6 aliphatic carbocycles. The molecule has 2 saturated carbocycles. The minimum absolute atomic E-state index is 0.0439. The third-order valence-corrected chi connectivity index (χ3v) is 23.5. The summed E-state index contributed by atoms with van der Waals surface area (Å²) in [5, 5.41) is 0. The molecule has 0 saturated heterocycles. The van der Waals surface area contributed by atoms with Crippen LogP contribution in [0.1, 0.15) is 265 Å². The van der Waals surface area contributed by atoms with Crippen molar-refractivity contribution in [1.29, 1.82) is 0 Å². The Morgan fingerprint density at radius 3 is 0.756 bits per heavy atom. The predicted octanol–water partition coefficient (Wildman–Crippen LogP) is 25.6. The zero-order chi connectivity index (χ0) is 58.3. The van der Waals surface area contributed by atoms with E-state index in [1.165, 1.54) is 271 Å². The van der Waals surface area contributed by atoms with Gasteiger partial charge in [-0.3, -0.25) is 0 Å². The molecule has 0 N–H and O–H groups in total. The highest BCUT2D eigenvalue weighted by Gasteiger charge is 2.48. The molecule has 0 bridgehead atoms. The van der Waals surface area contributed by atoms with Crippen LogP contribution in [-0.2, 0) is 21.7 Å². The number of hydrogen-bond acceptors (Lipinski definition) is 0. The maximum absolute atomic E-state index is 2.69. The van der Waals surface area contributed by atoms with Crippen molar-refractivity contribution in [3.05, 3.63) is 202 Å². The average molecular weight is 1130 g/mol. The van der Waals surface area contributed by atoms with Crippen molar-refractivity contribution in [2.45, 2.75) is 242 Å². The van der Waals surface area contributed by atoms with Gasteiger partial charge in [0.2, 0.25) is 0 Å². The van der Waals surface area contributed by atoms with E-state index in [0.717, 1.165) is 0 Å². The number of benzene rings is 8. The van der Waals surface area contributed by atoms with Crippen LogP contribution in [0.3, 0.4) is 0 Å². The van der Waals surface area contributed by atoms with Gasteiger partial charge in [-0.2, -0.15) is 0 Å². The van der Waals surface area contributed by atoms with Crippen molar-refractivity contribution in [3.8, 4) is 77.9 Å². The lowest BCUT2D eigenvalue weighted by atomic mass is 9.66. The molecular weight excluding hydrogens is 1030 g/mol. The first-order valence-corrected chi connectivity index (χ1v) is 35.5. The van der Waals surface area contributed by atoms with Crippen molar-refractivity contribution in [3.63, 3.8) is 0 Å². The minimum atomic E-state index is 0.0439. The van der Waals surface area contributed by atoms with Crippen LogP contribution in [0.2, 0.25) is 0 Å². The minimum Gasteiger partial charge on any atom is -0.0654 e. The highest BCUT2D eigenvalue weighted by atomic mass is 14.5. The summed E-state index contributed by atoms with van der Waals surface area (Å²) >= 11 is 0. The maximum atomic E-state index is 2.69. The molecule has 0 nitrogen and oxygen atoms in total. The van der Waals surface area contributed by atoms with E-state index in [0.29, 0.717) is 0 Å². The molecule has 0 unspecified atom stereocenters. The van der Waals surface area contributed by atoms with Crippen molar-refractivity contribution < 1.29 is 0 Å². The zero-order valence-electron chi connectivity index (χ0n) is 53.2. The van der Waals surface area contributed by atoms with Gasteiger partial charge in [0.15, 0.2) is 0 Å². The lowest BCUT2D eigenvalue weighted by Gasteiger charge is -2.37. The number of fused-ring (bicyclic) bond motifs is 16. The van der Waals surface area contributed by atoms with Crippen LogP contribution >= 0.6 is 0 Å². The van der Waals surface area contributed by atoms with Gasteiger partial charge in [0.25, 0.3) is 0 Å². The molecule has 8 aromatic carbocycles. The normalized spacial score (nSPS) is 17.2. The van der Waals surface area contributed by atoms with E-state index in [9.17, 15) is 0 Å². The molecule has 2 fully saturated rings. The van der Waals surface area contributed by atoms with Gasteiger partial charge in [0.05, 0.1) is 0 Å². The monoisotopic (exact) mass is 1130 g/mol. The molecule has 0 radical (unpaired) electrons. The Balaban J connectivity index is 0.800. The van der Waals surface area contributed by atoms with Crippen LogP contribution in [0.4, 0.5) is 0 Å². The first-order valence-electron chi connectivity index (χ1n) is 35.5. The molecule has 8 aromatic rings. The highest BCUT2D eigenvalue weighted by molar-refractivity contribution is 5.91. The molecule has 0 aromatic heterocycles. The highest BCUT2D eigenvalue weighted by Crippen LogP contribution is 2.62. The predicted molar refractivity (Wildman–Crippen MR) is 369 cm³/mol. The standard InChI is InChI=1S/C86H98/c1-5-9-13-23-47-83(48-24-14-10-6-2)75-33-21-19-31-67(75)69-41-35-61(55-77(69)83)63-37-43-71-73-45-39-65(59-81(73)85(79(71)57-63)51-27-17-28-52-85)66-40-46-74-72-44-38-64(58-80(72)86(82(74)60-66)53-29-18-30-54-86)62-36-42-70-68-32-20-22-34-76(68)84(78(70)56-62,49-25-15-11-7-3)50-26-16-12-8-4/h19-22,31-46,55-60H,5-18,23-30,47-54H2,1-4H3.